The second-order valence-corrected chi connectivity index (χ2v) is 5.78. The number of hydrogen-bond acceptors (Lipinski definition) is 5. The number of hydrogen-bond donors (Lipinski definition) is 3. The number of nitrogens with two attached hydrogens (primary N) is 1. The van der Waals surface area contributed by atoms with E-state index < -0.39 is 6.80 Å². The molecule has 0 bridgehead atoms. The van der Waals surface area contributed by atoms with E-state index in [1.165, 1.54) is 0 Å². The van der Waals surface area contributed by atoms with Crippen LogP contribution >= 0.6 is 18.4 Å². The number of rotatable bonds is 6. The van der Waals surface area contributed by atoms with Crippen LogP contribution in [-0.2, 0) is 9.09 Å². The molecule has 0 radical (unpaired) electrons. The molecule has 0 aliphatic heterocycles. The molecule has 74 valence electrons. The Kier molecular flexibility index (Phi) is 6.17. The first kappa shape index (κ1) is 12.4. The molecule has 0 rings (SSSR count). The van der Waals surface area contributed by atoms with Crippen LogP contribution in [0.25, 0.3) is 0 Å². The van der Waals surface area contributed by atoms with E-state index in [0.717, 1.165) is 0 Å². The molecule has 0 spiro atoms. The highest BCUT2D eigenvalue weighted by atomic mass is 32.7. The van der Waals surface area contributed by atoms with Crippen molar-refractivity contribution >= 4 is 18.4 Å². The largest absolute Gasteiger partial charge is 0.401 e. The third-order valence-electron chi connectivity index (χ3n) is 1.02. The zero-order chi connectivity index (χ0) is 9.61. The first-order valence-corrected chi connectivity index (χ1v) is 6.63. The molecule has 0 saturated heterocycles. The standard InChI is InChI=1S/C5H15N2O3PS/c1-3-10-11(8,9)12-7-5(2)4-6/h5,7H,3-4,6H2,1-2H3,(H,8,9). The van der Waals surface area contributed by atoms with Crippen LogP contribution in [0.4, 0.5) is 0 Å². The average molecular weight is 214 g/mol. The zero-order valence-corrected chi connectivity index (χ0v) is 8.90. The molecule has 0 aromatic carbocycles. The maximum Gasteiger partial charge on any atom is 0.401 e. The van der Waals surface area contributed by atoms with Gasteiger partial charge in [-0.2, -0.15) is 0 Å². The van der Waals surface area contributed by atoms with Crippen molar-refractivity contribution in [1.29, 1.82) is 0 Å². The molecule has 5 nitrogen and oxygen atoms in total. The lowest BCUT2D eigenvalue weighted by Gasteiger charge is -2.13. The topological polar surface area (TPSA) is 84.6 Å². The highest BCUT2D eigenvalue weighted by Gasteiger charge is 2.20. The fourth-order valence-electron chi connectivity index (χ4n) is 0.394. The quantitative estimate of drug-likeness (QED) is 0.446. The third-order valence-corrected chi connectivity index (χ3v) is 3.66. The minimum atomic E-state index is -3.51. The monoisotopic (exact) mass is 214 g/mol. The second kappa shape index (κ2) is 5.96. The van der Waals surface area contributed by atoms with Crippen molar-refractivity contribution < 1.29 is 14.0 Å². The van der Waals surface area contributed by atoms with E-state index in [9.17, 15) is 4.57 Å². The van der Waals surface area contributed by atoms with Gasteiger partial charge in [-0.25, -0.2) is 9.29 Å². The predicted octanol–water partition coefficient (Wildman–Crippen LogP) is 0.708. The molecule has 0 aliphatic rings. The van der Waals surface area contributed by atoms with Crippen molar-refractivity contribution in [3.8, 4) is 0 Å². The van der Waals surface area contributed by atoms with Crippen LogP contribution in [0.1, 0.15) is 13.8 Å². The Morgan fingerprint density at radius 1 is 1.83 bits per heavy atom. The summed E-state index contributed by atoms with van der Waals surface area (Å²) in [6.45, 7) is 0.609. The van der Waals surface area contributed by atoms with E-state index >= 15 is 0 Å². The van der Waals surface area contributed by atoms with Gasteiger partial charge in [-0.3, -0.25) is 0 Å². The fraction of sp³-hybridized carbons (Fsp3) is 1.00. The molecule has 0 aromatic rings. The Morgan fingerprint density at radius 3 is 2.83 bits per heavy atom. The molecule has 0 heterocycles. The minimum absolute atomic E-state index is 0.00377. The molecule has 0 aromatic heterocycles. The Morgan fingerprint density at radius 2 is 2.42 bits per heavy atom. The predicted molar refractivity (Wildman–Crippen MR) is 50.7 cm³/mol. The molecule has 4 N–H and O–H groups in total. The van der Waals surface area contributed by atoms with Crippen molar-refractivity contribution in [2.24, 2.45) is 5.73 Å². The van der Waals surface area contributed by atoms with Crippen LogP contribution in [0.3, 0.4) is 0 Å². The number of nitrogens with one attached hydrogen (secondary N) is 1. The van der Waals surface area contributed by atoms with Gasteiger partial charge in [0.15, 0.2) is 0 Å². The van der Waals surface area contributed by atoms with Gasteiger partial charge >= 0.3 is 6.80 Å². The van der Waals surface area contributed by atoms with E-state index in [1.54, 1.807) is 6.92 Å². The molecule has 7 heteroatoms. The van der Waals surface area contributed by atoms with E-state index in [1.807, 2.05) is 6.92 Å². The summed E-state index contributed by atoms with van der Waals surface area (Å²) in [5, 5.41) is 0. The molecule has 0 amide bonds. The molecule has 0 fully saturated rings. The van der Waals surface area contributed by atoms with Gasteiger partial charge in [0.25, 0.3) is 0 Å². The van der Waals surface area contributed by atoms with Crippen molar-refractivity contribution in [2.45, 2.75) is 19.9 Å². The van der Waals surface area contributed by atoms with Crippen LogP contribution in [0.2, 0.25) is 0 Å². The third kappa shape index (κ3) is 5.99. The lowest BCUT2D eigenvalue weighted by atomic mass is 10.4. The summed E-state index contributed by atoms with van der Waals surface area (Å²) in [5.41, 5.74) is 5.29. The molecular weight excluding hydrogens is 199 g/mol. The lowest BCUT2D eigenvalue weighted by molar-refractivity contribution is 0.291. The van der Waals surface area contributed by atoms with Gasteiger partial charge in [-0.15, -0.1) is 0 Å². The van der Waals surface area contributed by atoms with Gasteiger partial charge in [0.2, 0.25) is 0 Å². The van der Waals surface area contributed by atoms with E-state index in [-0.39, 0.29) is 12.6 Å². The maximum absolute atomic E-state index is 11.0. The molecular formula is C5H15N2O3PS. The van der Waals surface area contributed by atoms with E-state index in [2.05, 4.69) is 9.25 Å². The Balaban J connectivity index is 3.67. The highest BCUT2D eigenvalue weighted by molar-refractivity contribution is 8.53. The van der Waals surface area contributed by atoms with Crippen LogP contribution in [0.15, 0.2) is 0 Å². The van der Waals surface area contributed by atoms with Gasteiger partial charge in [0, 0.05) is 24.2 Å². The summed E-state index contributed by atoms with van der Waals surface area (Å²) in [6.07, 6.45) is 0. The van der Waals surface area contributed by atoms with Gasteiger partial charge < -0.3 is 15.2 Å². The van der Waals surface area contributed by atoms with Crippen LogP contribution in [0.5, 0.6) is 0 Å². The van der Waals surface area contributed by atoms with E-state index in [4.69, 9.17) is 10.6 Å². The first-order chi connectivity index (χ1) is 5.52. The van der Waals surface area contributed by atoms with Crippen molar-refractivity contribution in [3.05, 3.63) is 0 Å². The van der Waals surface area contributed by atoms with Crippen molar-refractivity contribution in [2.75, 3.05) is 13.2 Å². The SMILES string of the molecule is CCOP(=O)(O)SNC(C)CN. The zero-order valence-electron chi connectivity index (χ0n) is 7.19. The van der Waals surface area contributed by atoms with Gasteiger partial charge in [0.05, 0.1) is 6.61 Å². The van der Waals surface area contributed by atoms with Crippen LogP contribution < -0.4 is 10.5 Å². The highest BCUT2D eigenvalue weighted by Crippen LogP contribution is 2.53. The lowest BCUT2D eigenvalue weighted by Crippen LogP contribution is -2.28. The van der Waals surface area contributed by atoms with Crippen LogP contribution in [0, 0.1) is 0 Å². The molecule has 2 atom stereocenters. The summed E-state index contributed by atoms with van der Waals surface area (Å²) < 4.78 is 18.3. The van der Waals surface area contributed by atoms with Gasteiger partial charge in [-0.1, -0.05) is 0 Å². The second-order valence-electron chi connectivity index (χ2n) is 2.23. The molecule has 0 saturated carbocycles. The van der Waals surface area contributed by atoms with Gasteiger partial charge in [-0.05, 0) is 13.8 Å². The average Bonchev–Trinajstić information content (AvgIpc) is 2.00. The summed E-state index contributed by atoms with van der Waals surface area (Å²) in [4.78, 5) is 9.05. The van der Waals surface area contributed by atoms with E-state index in [0.29, 0.717) is 18.1 Å². The Bertz CT molecular complexity index is 169. The normalized spacial score (nSPS) is 18.7. The van der Waals surface area contributed by atoms with Gasteiger partial charge in [0.1, 0.15) is 0 Å². The molecule has 2 unspecified atom stereocenters. The van der Waals surface area contributed by atoms with Crippen molar-refractivity contribution in [3.63, 3.8) is 0 Å². The maximum atomic E-state index is 11.0. The molecule has 12 heavy (non-hydrogen) atoms. The first-order valence-electron chi connectivity index (χ1n) is 3.63. The Hall–Kier alpha value is 0.420. The molecule has 0 aliphatic carbocycles. The minimum Gasteiger partial charge on any atom is -0.329 e. The summed E-state index contributed by atoms with van der Waals surface area (Å²) in [5.74, 6) is 0. The summed E-state index contributed by atoms with van der Waals surface area (Å²) >= 11 is 0.695. The smallest absolute Gasteiger partial charge is 0.329 e. The Labute approximate surface area is 76.5 Å². The summed E-state index contributed by atoms with van der Waals surface area (Å²) in [7, 11) is 0. The summed E-state index contributed by atoms with van der Waals surface area (Å²) in [6, 6.07) is -0.00377. The van der Waals surface area contributed by atoms with Crippen molar-refractivity contribution in [1.82, 2.24) is 4.72 Å². The van der Waals surface area contributed by atoms with Crippen LogP contribution in [-0.4, -0.2) is 24.1 Å². The fourth-order valence-corrected chi connectivity index (χ4v) is 2.60.